The second-order valence-corrected chi connectivity index (χ2v) is 8.27. The van der Waals surface area contributed by atoms with Crippen LogP contribution in [0.1, 0.15) is 24.5 Å². The third-order valence-electron chi connectivity index (χ3n) is 5.51. The Balaban J connectivity index is 1.62. The number of likely N-dealkylation sites (N-methyl/N-ethyl adjacent to an activating group) is 1. The molecule has 32 heavy (non-hydrogen) atoms. The molecule has 0 saturated heterocycles. The summed E-state index contributed by atoms with van der Waals surface area (Å²) in [4.78, 5) is 18.2. The number of nitrogens with zero attached hydrogens (tertiary/aromatic N) is 2. The fraction of sp³-hybridized carbons (Fsp3) is 0.440. The van der Waals surface area contributed by atoms with E-state index in [1.807, 2.05) is 31.2 Å². The van der Waals surface area contributed by atoms with Crippen LogP contribution in [0.25, 0.3) is 0 Å². The van der Waals surface area contributed by atoms with E-state index in [9.17, 15) is 4.79 Å². The van der Waals surface area contributed by atoms with Gasteiger partial charge in [0.2, 0.25) is 5.91 Å². The van der Waals surface area contributed by atoms with Gasteiger partial charge in [0.1, 0.15) is 12.6 Å². The van der Waals surface area contributed by atoms with Crippen LogP contribution in [0.4, 0.5) is 0 Å². The second-order valence-electron chi connectivity index (χ2n) is 8.27. The molecule has 2 atom stereocenters. The highest BCUT2D eigenvalue weighted by atomic mass is 16.5. The average molecular weight is 439 g/mol. The van der Waals surface area contributed by atoms with E-state index in [0.717, 1.165) is 19.3 Å². The zero-order valence-corrected chi connectivity index (χ0v) is 19.4. The molecule has 0 radical (unpaired) electrons. The number of carbonyl (C=O) groups is 1. The van der Waals surface area contributed by atoms with E-state index in [4.69, 9.17) is 9.47 Å². The second kappa shape index (κ2) is 11.4. The monoisotopic (exact) mass is 438 g/mol. The molecule has 1 aliphatic rings. The molecule has 7 heteroatoms. The number of amides is 1. The highest BCUT2D eigenvalue weighted by Gasteiger charge is 2.20. The number of benzene rings is 2. The van der Waals surface area contributed by atoms with Gasteiger partial charge in [0.15, 0.2) is 17.5 Å². The van der Waals surface area contributed by atoms with Crippen LogP contribution < -0.4 is 20.1 Å². The van der Waals surface area contributed by atoms with Crippen LogP contribution in [0.15, 0.2) is 53.5 Å². The SMILES string of the molecule is COc1ccccc1OC(C)CNC(=NCC(=O)N(C)C)NC1CCc2ccccc2C1. The van der Waals surface area contributed by atoms with Crippen molar-refractivity contribution in [3.05, 3.63) is 59.7 Å². The summed E-state index contributed by atoms with van der Waals surface area (Å²) in [6.45, 7) is 2.61. The molecule has 2 N–H and O–H groups in total. The van der Waals surface area contributed by atoms with Crippen molar-refractivity contribution in [2.75, 3.05) is 34.3 Å². The van der Waals surface area contributed by atoms with Gasteiger partial charge in [-0.05, 0) is 49.4 Å². The van der Waals surface area contributed by atoms with Crippen molar-refractivity contribution in [2.45, 2.75) is 38.3 Å². The lowest BCUT2D eigenvalue weighted by molar-refractivity contribution is -0.127. The van der Waals surface area contributed by atoms with E-state index in [-0.39, 0.29) is 24.6 Å². The van der Waals surface area contributed by atoms with Crippen LogP contribution in [-0.4, -0.2) is 63.2 Å². The van der Waals surface area contributed by atoms with Gasteiger partial charge in [-0.25, -0.2) is 4.99 Å². The molecule has 0 aromatic heterocycles. The van der Waals surface area contributed by atoms with Crippen LogP contribution >= 0.6 is 0 Å². The lowest BCUT2D eigenvalue weighted by Crippen LogP contribution is -2.48. The van der Waals surface area contributed by atoms with E-state index in [1.165, 1.54) is 11.1 Å². The molecule has 0 bridgehead atoms. The number of ether oxygens (including phenoxy) is 2. The van der Waals surface area contributed by atoms with Crippen LogP contribution in [0.5, 0.6) is 11.5 Å². The number of para-hydroxylation sites is 2. The highest BCUT2D eigenvalue weighted by molar-refractivity contribution is 5.85. The number of hydrogen-bond acceptors (Lipinski definition) is 4. The first-order valence-electron chi connectivity index (χ1n) is 11.1. The van der Waals surface area contributed by atoms with Gasteiger partial charge in [0, 0.05) is 20.1 Å². The third kappa shape index (κ3) is 6.64. The van der Waals surface area contributed by atoms with Gasteiger partial charge >= 0.3 is 0 Å². The average Bonchev–Trinajstić information content (AvgIpc) is 2.80. The van der Waals surface area contributed by atoms with Crippen LogP contribution in [0.3, 0.4) is 0 Å². The minimum Gasteiger partial charge on any atom is -0.493 e. The number of hydrogen-bond donors (Lipinski definition) is 2. The molecule has 1 aliphatic carbocycles. The Hall–Kier alpha value is -3.22. The maximum absolute atomic E-state index is 12.1. The molecular formula is C25H34N4O3. The number of aryl methyl sites for hydroxylation is 1. The van der Waals surface area contributed by atoms with Crippen LogP contribution in [0, 0.1) is 0 Å². The van der Waals surface area contributed by atoms with Crippen molar-refractivity contribution < 1.29 is 14.3 Å². The van der Waals surface area contributed by atoms with Gasteiger partial charge in [-0.15, -0.1) is 0 Å². The molecule has 172 valence electrons. The Labute approximate surface area is 190 Å². The zero-order chi connectivity index (χ0) is 22.9. The minimum absolute atomic E-state index is 0.0431. The fourth-order valence-corrected chi connectivity index (χ4v) is 3.67. The predicted octanol–water partition coefficient (Wildman–Crippen LogP) is 2.64. The van der Waals surface area contributed by atoms with Gasteiger partial charge in [-0.3, -0.25) is 4.79 Å². The molecule has 2 aromatic rings. The quantitative estimate of drug-likeness (QED) is 0.490. The summed E-state index contributed by atoms with van der Waals surface area (Å²) in [7, 11) is 5.10. The Morgan fingerprint density at radius 1 is 1.12 bits per heavy atom. The van der Waals surface area contributed by atoms with Gasteiger partial charge < -0.3 is 25.0 Å². The summed E-state index contributed by atoms with van der Waals surface area (Å²) in [6, 6.07) is 16.4. The van der Waals surface area contributed by atoms with Crippen LogP contribution in [0.2, 0.25) is 0 Å². The van der Waals surface area contributed by atoms with E-state index in [2.05, 4.69) is 39.9 Å². The van der Waals surface area contributed by atoms with E-state index < -0.39 is 0 Å². The standard InChI is InChI=1S/C25H34N4O3/c1-18(32-23-12-8-7-11-22(23)31-4)16-26-25(27-17-24(30)29(2)3)28-21-14-13-19-9-5-6-10-20(19)15-21/h5-12,18,21H,13-17H2,1-4H3,(H2,26,27,28). The molecule has 7 nitrogen and oxygen atoms in total. The summed E-state index contributed by atoms with van der Waals surface area (Å²) in [5, 5.41) is 6.87. The summed E-state index contributed by atoms with van der Waals surface area (Å²) < 4.78 is 11.4. The summed E-state index contributed by atoms with van der Waals surface area (Å²) in [5.74, 6) is 1.98. The Morgan fingerprint density at radius 2 is 1.81 bits per heavy atom. The Kier molecular flexibility index (Phi) is 8.36. The predicted molar refractivity (Wildman–Crippen MR) is 127 cm³/mol. The van der Waals surface area contributed by atoms with Gasteiger partial charge in [0.25, 0.3) is 0 Å². The van der Waals surface area contributed by atoms with Crippen molar-refractivity contribution in [3.8, 4) is 11.5 Å². The van der Waals surface area contributed by atoms with Crippen LogP contribution in [-0.2, 0) is 17.6 Å². The summed E-state index contributed by atoms with van der Waals surface area (Å²) >= 11 is 0. The molecule has 3 rings (SSSR count). The van der Waals surface area contributed by atoms with Gasteiger partial charge in [-0.2, -0.15) is 0 Å². The first-order valence-corrected chi connectivity index (χ1v) is 11.1. The number of carbonyl (C=O) groups excluding carboxylic acids is 1. The number of guanidine groups is 1. The molecule has 1 amide bonds. The fourth-order valence-electron chi connectivity index (χ4n) is 3.67. The molecule has 0 saturated carbocycles. The first kappa shape index (κ1) is 23.4. The summed E-state index contributed by atoms with van der Waals surface area (Å²) in [6.07, 6.45) is 2.86. The van der Waals surface area contributed by atoms with E-state index >= 15 is 0 Å². The molecule has 2 aromatic carbocycles. The molecule has 0 spiro atoms. The molecule has 0 fully saturated rings. The van der Waals surface area contributed by atoms with E-state index in [0.29, 0.717) is 24.0 Å². The first-order chi connectivity index (χ1) is 15.5. The summed E-state index contributed by atoms with van der Waals surface area (Å²) in [5.41, 5.74) is 2.78. The lowest BCUT2D eigenvalue weighted by Gasteiger charge is -2.28. The van der Waals surface area contributed by atoms with Crippen molar-refractivity contribution in [1.29, 1.82) is 0 Å². The van der Waals surface area contributed by atoms with Crippen molar-refractivity contribution in [1.82, 2.24) is 15.5 Å². The third-order valence-corrected chi connectivity index (χ3v) is 5.51. The lowest BCUT2D eigenvalue weighted by atomic mass is 9.88. The van der Waals surface area contributed by atoms with Gasteiger partial charge in [-0.1, -0.05) is 36.4 Å². The maximum Gasteiger partial charge on any atom is 0.243 e. The van der Waals surface area contributed by atoms with Crippen molar-refractivity contribution in [3.63, 3.8) is 0 Å². The number of rotatable bonds is 8. The minimum atomic E-state index is -0.130. The molecule has 0 heterocycles. The normalized spacial score (nSPS) is 16.5. The molecule has 2 unspecified atom stereocenters. The Morgan fingerprint density at radius 3 is 2.53 bits per heavy atom. The zero-order valence-electron chi connectivity index (χ0n) is 19.4. The molecular weight excluding hydrogens is 404 g/mol. The number of methoxy groups -OCH3 is 1. The molecule has 0 aliphatic heterocycles. The number of nitrogens with one attached hydrogen (secondary N) is 2. The smallest absolute Gasteiger partial charge is 0.243 e. The highest BCUT2D eigenvalue weighted by Crippen LogP contribution is 2.26. The maximum atomic E-state index is 12.1. The number of aliphatic imine (C=N–C) groups is 1. The number of fused-ring (bicyclic) bond motifs is 1. The Bertz CT molecular complexity index is 929. The van der Waals surface area contributed by atoms with Crippen molar-refractivity contribution in [2.24, 2.45) is 4.99 Å². The van der Waals surface area contributed by atoms with Gasteiger partial charge in [0.05, 0.1) is 13.7 Å². The van der Waals surface area contributed by atoms with E-state index in [1.54, 1.807) is 26.1 Å². The topological polar surface area (TPSA) is 75.2 Å². The largest absolute Gasteiger partial charge is 0.493 e. The van der Waals surface area contributed by atoms with Crippen molar-refractivity contribution >= 4 is 11.9 Å².